The summed E-state index contributed by atoms with van der Waals surface area (Å²) in [6.07, 6.45) is 2.71. The monoisotopic (exact) mass is 371 g/mol. The number of nitrogens with one attached hydrogen (secondary N) is 1. The molecule has 1 saturated carbocycles. The molecule has 2 fully saturated rings. The number of piperazine rings is 1. The van der Waals surface area contributed by atoms with Gasteiger partial charge in [0.05, 0.1) is 4.90 Å². The summed E-state index contributed by atoms with van der Waals surface area (Å²) in [5.74, 6) is 0. The standard InChI is InChI=1S/C20H25N3O2S/c1-16-4-2-3-5-20(16)26(24,25)21-17-6-8-18(9-7-17)22-12-14-23(15-13-22)19-10-11-19/h2-9,19,21H,10-15H2,1H3. The van der Waals surface area contributed by atoms with Crippen molar-refractivity contribution in [3.63, 3.8) is 0 Å². The lowest BCUT2D eigenvalue weighted by atomic mass is 10.2. The average molecular weight is 372 g/mol. The first-order valence-electron chi connectivity index (χ1n) is 9.20. The largest absolute Gasteiger partial charge is 0.369 e. The van der Waals surface area contributed by atoms with Gasteiger partial charge in [-0.05, 0) is 55.7 Å². The number of sulfonamides is 1. The van der Waals surface area contributed by atoms with Crippen molar-refractivity contribution in [1.29, 1.82) is 0 Å². The normalized spacial score (nSPS) is 18.7. The molecule has 1 aliphatic carbocycles. The third kappa shape index (κ3) is 3.71. The lowest BCUT2D eigenvalue weighted by Crippen LogP contribution is -2.47. The van der Waals surface area contributed by atoms with Crippen molar-refractivity contribution in [1.82, 2.24) is 4.90 Å². The number of hydrogen-bond acceptors (Lipinski definition) is 4. The molecule has 6 heteroatoms. The second-order valence-corrected chi connectivity index (χ2v) is 8.82. The van der Waals surface area contributed by atoms with Gasteiger partial charge in [0, 0.05) is 43.6 Å². The van der Waals surface area contributed by atoms with Gasteiger partial charge in [-0.1, -0.05) is 18.2 Å². The Morgan fingerprint density at radius 3 is 2.19 bits per heavy atom. The molecule has 0 aromatic heterocycles. The summed E-state index contributed by atoms with van der Waals surface area (Å²) in [6.45, 7) is 6.10. The minimum atomic E-state index is -3.56. The van der Waals surface area contributed by atoms with Gasteiger partial charge in [0.25, 0.3) is 10.0 Å². The Hall–Kier alpha value is -2.05. The highest BCUT2D eigenvalue weighted by Crippen LogP contribution is 2.29. The van der Waals surface area contributed by atoms with Gasteiger partial charge in [-0.3, -0.25) is 9.62 Å². The van der Waals surface area contributed by atoms with Crippen molar-refractivity contribution in [2.24, 2.45) is 0 Å². The van der Waals surface area contributed by atoms with Crippen molar-refractivity contribution < 1.29 is 8.42 Å². The second kappa shape index (κ2) is 6.93. The highest BCUT2D eigenvalue weighted by atomic mass is 32.2. The zero-order valence-electron chi connectivity index (χ0n) is 15.1. The molecule has 1 saturated heterocycles. The summed E-state index contributed by atoms with van der Waals surface area (Å²) in [5, 5.41) is 0. The van der Waals surface area contributed by atoms with E-state index in [9.17, 15) is 8.42 Å². The summed E-state index contributed by atoms with van der Waals surface area (Å²) in [6, 6.07) is 15.5. The number of hydrogen-bond donors (Lipinski definition) is 1. The van der Waals surface area contributed by atoms with Crippen molar-refractivity contribution in [2.45, 2.75) is 30.7 Å². The van der Waals surface area contributed by atoms with Crippen LogP contribution >= 0.6 is 0 Å². The van der Waals surface area contributed by atoms with Crippen LogP contribution in [0.1, 0.15) is 18.4 Å². The predicted molar refractivity (Wildman–Crippen MR) is 105 cm³/mol. The first-order valence-corrected chi connectivity index (χ1v) is 10.7. The van der Waals surface area contributed by atoms with E-state index in [-0.39, 0.29) is 0 Å². The van der Waals surface area contributed by atoms with Crippen LogP contribution in [0.5, 0.6) is 0 Å². The van der Waals surface area contributed by atoms with Gasteiger partial charge in [0.15, 0.2) is 0 Å². The fraction of sp³-hybridized carbons (Fsp3) is 0.400. The van der Waals surface area contributed by atoms with Crippen LogP contribution in [-0.4, -0.2) is 45.5 Å². The van der Waals surface area contributed by atoms with E-state index >= 15 is 0 Å². The highest BCUT2D eigenvalue weighted by Gasteiger charge is 2.31. The fourth-order valence-electron chi connectivity index (χ4n) is 3.59. The van der Waals surface area contributed by atoms with Crippen LogP contribution in [0.4, 0.5) is 11.4 Å². The Kier molecular flexibility index (Phi) is 4.63. The average Bonchev–Trinajstić information content (AvgIpc) is 3.48. The molecule has 5 nitrogen and oxygen atoms in total. The zero-order valence-corrected chi connectivity index (χ0v) is 15.9. The molecular formula is C20H25N3O2S. The molecule has 0 spiro atoms. The summed E-state index contributed by atoms with van der Waals surface area (Å²) < 4.78 is 27.9. The molecule has 0 bridgehead atoms. The Labute approximate surface area is 155 Å². The van der Waals surface area contributed by atoms with E-state index in [2.05, 4.69) is 14.5 Å². The van der Waals surface area contributed by atoms with Crippen LogP contribution < -0.4 is 9.62 Å². The first kappa shape index (κ1) is 17.4. The van der Waals surface area contributed by atoms with Crippen LogP contribution in [0, 0.1) is 6.92 Å². The summed E-state index contributed by atoms with van der Waals surface area (Å²) in [5.41, 5.74) is 2.48. The summed E-state index contributed by atoms with van der Waals surface area (Å²) >= 11 is 0. The maximum Gasteiger partial charge on any atom is 0.262 e. The third-order valence-electron chi connectivity index (χ3n) is 5.25. The second-order valence-electron chi connectivity index (χ2n) is 7.17. The van der Waals surface area contributed by atoms with Crippen molar-refractivity contribution in [2.75, 3.05) is 35.8 Å². The molecule has 138 valence electrons. The van der Waals surface area contributed by atoms with Gasteiger partial charge >= 0.3 is 0 Å². The summed E-state index contributed by atoms with van der Waals surface area (Å²) in [4.78, 5) is 5.28. The molecule has 0 amide bonds. The molecule has 2 aromatic carbocycles. The number of rotatable bonds is 5. The van der Waals surface area contributed by atoms with Gasteiger partial charge in [-0.2, -0.15) is 0 Å². The molecule has 26 heavy (non-hydrogen) atoms. The Balaban J connectivity index is 1.42. The van der Waals surface area contributed by atoms with Crippen LogP contribution in [0.15, 0.2) is 53.4 Å². The molecule has 0 radical (unpaired) electrons. The maximum atomic E-state index is 12.6. The van der Waals surface area contributed by atoms with E-state index < -0.39 is 10.0 Å². The summed E-state index contributed by atoms with van der Waals surface area (Å²) in [7, 11) is -3.56. The number of nitrogens with zero attached hydrogens (tertiary/aromatic N) is 2. The lowest BCUT2D eigenvalue weighted by Gasteiger charge is -2.36. The number of aryl methyl sites for hydroxylation is 1. The molecule has 4 rings (SSSR count). The van der Waals surface area contributed by atoms with Crippen molar-refractivity contribution in [3.8, 4) is 0 Å². The van der Waals surface area contributed by atoms with Gasteiger partial charge in [0.2, 0.25) is 0 Å². The van der Waals surface area contributed by atoms with Crippen LogP contribution in [0.2, 0.25) is 0 Å². The number of anilines is 2. The Bertz CT molecular complexity index is 868. The SMILES string of the molecule is Cc1ccccc1S(=O)(=O)Nc1ccc(N2CCN(C3CC3)CC2)cc1. The molecular weight excluding hydrogens is 346 g/mol. The van der Waals surface area contributed by atoms with Gasteiger partial charge < -0.3 is 4.90 Å². The van der Waals surface area contributed by atoms with E-state index in [0.29, 0.717) is 10.6 Å². The van der Waals surface area contributed by atoms with Crippen LogP contribution in [-0.2, 0) is 10.0 Å². The third-order valence-corrected chi connectivity index (χ3v) is 6.79. The van der Waals surface area contributed by atoms with Gasteiger partial charge in [0.1, 0.15) is 0 Å². The molecule has 1 N–H and O–H groups in total. The highest BCUT2D eigenvalue weighted by molar-refractivity contribution is 7.92. The molecule has 0 unspecified atom stereocenters. The van der Waals surface area contributed by atoms with E-state index in [1.54, 1.807) is 25.1 Å². The minimum Gasteiger partial charge on any atom is -0.369 e. The smallest absolute Gasteiger partial charge is 0.262 e. The molecule has 0 atom stereocenters. The van der Waals surface area contributed by atoms with Gasteiger partial charge in [-0.25, -0.2) is 8.42 Å². The Morgan fingerprint density at radius 2 is 1.58 bits per heavy atom. The lowest BCUT2D eigenvalue weighted by molar-refractivity contribution is 0.248. The van der Waals surface area contributed by atoms with Crippen LogP contribution in [0.3, 0.4) is 0 Å². The molecule has 1 heterocycles. The molecule has 1 aliphatic heterocycles. The van der Waals surface area contributed by atoms with E-state index in [1.165, 1.54) is 12.8 Å². The zero-order chi connectivity index (χ0) is 18.1. The topological polar surface area (TPSA) is 52.7 Å². The molecule has 2 aliphatic rings. The quantitative estimate of drug-likeness (QED) is 0.878. The van der Waals surface area contributed by atoms with E-state index in [1.807, 2.05) is 30.3 Å². The van der Waals surface area contributed by atoms with Crippen molar-refractivity contribution in [3.05, 3.63) is 54.1 Å². The minimum absolute atomic E-state index is 0.320. The van der Waals surface area contributed by atoms with Crippen molar-refractivity contribution >= 4 is 21.4 Å². The van der Waals surface area contributed by atoms with E-state index in [0.717, 1.165) is 43.5 Å². The maximum absolute atomic E-state index is 12.6. The van der Waals surface area contributed by atoms with Gasteiger partial charge in [-0.15, -0.1) is 0 Å². The van der Waals surface area contributed by atoms with Crippen LogP contribution in [0.25, 0.3) is 0 Å². The predicted octanol–water partition coefficient (Wildman–Crippen LogP) is 3.08. The molecule has 2 aromatic rings. The number of benzene rings is 2. The van der Waals surface area contributed by atoms with E-state index in [4.69, 9.17) is 0 Å². The Morgan fingerprint density at radius 1 is 0.923 bits per heavy atom. The first-order chi connectivity index (χ1) is 12.5. The fourth-order valence-corrected chi connectivity index (χ4v) is 4.90.